The van der Waals surface area contributed by atoms with E-state index in [-0.39, 0.29) is 24.0 Å². The van der Waals surface area contributed by atoms with Gasteiger partial charge in [0.25, 0.3) is 0 Å². The van der Waals surface area contributed by atoms with Crippen molar-refractivity contribution in [2.75, 3.05) is 6.61 Å². The highest BCUT2D eigenvalue weighted by Crippen LogP contribution is 2.40. The van der Waals surface area contributed by atoms with Crippen LogP contribution in [0.2, 0.25) is 0 Å². The maximum absolute atomic E-state index is 13.1. The first-order valence-electron chi connectivity index (χ1n) is 6.31. The number of hydrogen-bond acceptors (Lipinski definition) is 4. The lowest BCUT2D eigenvalue weighted by Crippen LogP contribution is -2.13. The van der Waals surface area contributed by atoms with Crippen molar-refractivity contribution in [2.24, 2.45) is 0 Å². The predicted molar refractivity (Wildman–Crippen MR) is 70.5 cm³/mol. The third kappa shape index (κ3) is 2.88. The van der Waals surface area contributed by atoms with Gasteiger partial charge in [0.15, 0.2) is 12.0 Å². The van der Waals surface area contributed by atoms with Crippen LogP contribution in [0, 0.1) is 0 Å². The van der Waals surface area contributed by atoms with Gasteiger partial charge in [-0.15, -0.1) is 0 Å². The summed E-state index contributed by atoms with van der Waals surface area (Å²) in [5.74, 6) is -3.29. The van der Waals surface area contributed by atoms with Gasteiger partial charge in [0.2, 0.25) is 5.76 Å². The number of aldehydes is 1. The third-order valence-corrected chi connectivity index (χ3v) is 2.84. The Bertz CT molecular complexity index is 687. The number of halogens is 3. The quantitative estimate of drug-likeness (QED) is 0.633. The van der Waals surface area contributed by atoms with Gasteiger partial charge < -0.3 is 9.15 Å². The van der Waals surface area contributed by atoms with Crippen LogP contribution < -0.4 is 0 Å². The minimum Gasteiger partial charge on any atom is -0.462 e. The highest BCUT2D eigenvalue weighted by atomic mass is 19.4. The molecule has 0 bridgehead atoms. The van der Waals surface area contributed by atoms with Gasteiger partial charge in [-0.25, -0.2) is 4.79 Å². The van der Waals surface area contributed by atoms with Gasteiger partial charge in [0.05, 0.1) is 6.61 Å². The summed E-state index contributed by atoms with van der Waals surface area (Å²) in [4.78, 5) is 23.0. The summed E-state index contributed by atoms with van der Waals surface area (Å²) >= 11 is 0. The molecule has 1 aromatic heterocycles. The second-order valence-electron chi connectivity index (χ2n) is 4.25. The normalized spacial score (nSPS) is 11.3. The lowest BCUT2D eigenvalue weighted by molar-refractivity contribution is -0.153. The number of ether oxygens (including phenoxy) is 1. The average molecular weight is 312 g/mol. The fourth-order valence-electron chi connectivity index (χ4n) is 2.02. The first-order chi connectivity index (χ1) is 10.4. The number of alkyl halides is 3. The number of carbonyl (C=O) groups excluding carboxylic acids is 2. The lowest BCUT2D eigenvalue weighted by atomic mass is 10.00. The van der Waals surface area contributed by atoms with Crippen molar-refractivity contribution in [2.45, 2.75) is 13.1 Å². The molecule has 116 valence electrons. The van der Waals surface area contributed by atoms with Crippen LogP contribution in [-0.4, -0.2) is 18.9 Å². The molecule has 0 saturated carbocycles. The molecule has 2 rings (SSSR count). The highest BCUT2D eigenvalue weighted by molar-refractivity contribution is 6.03. The summed E-state index contributed by atoms with van der Waals surface area (Å²) in [5, 5.41) is 0. The summed E-state index contributed by atoms with van der Waals surface area (Å²) in [6, 6.07) is 7.73. The summed E-state index contributed by atoms with van der Waals surface area (Å²) in [6.45, 7) is 1.36. The molecule has 2 aromatic rings. The van der Waals surface area contributed by atoms with Gasteiger partial charge in [-0.1, -0.05) is 30.3 Å². The van der Waals surface area contributed by atoms with Crippen molar-refractivity contribution in [1.82, 2.24) is 0 Å². The van der Waals surface area contributed by atoms with Gasteiger partial charge >= 0.3 is 12.1 Å². The van der Waals surface area contributed by atoms with Crippen LogP contribution >= 0.6 is 0 Å². The molecule has 0 unspecified atom stereocenters. The first kappa shape index (κ1) is 15.8. The average Bonchev–Trinajstić information content (AvgIpc) is 2.88. The van der Waals surface area contributed by atoms with Crippen molar-refractivity contribution in [1.29, 1.82) is 0 Å². The minimum absolute atomic E-state index is 0.105. The van der Waals surface area contributed by atoms with Crippen LogP contribution in [-0.2, 0) is 10.9 Å². The van der Waals surface area contributed by atoms with Crippen LogP contribution in [0.25, 0.3) is 11.1 Å². The van der Waals surface area contributed by atoms with Gasteiger partial charge in [-0.05, 0) is 12.5 Å². The molecule has 7 heteroatoms. The van der Waals surface area contributed by atoms with Crippen LogP contribution in [0.3, 0.4) is 0 Å². The van der Waals surface area contributed by atoms with Gasteiger partial charge in [0.1, 0.15) is 5.56 Å². The van der Waals surface area contributed by atoms with E-state index in [9.17, 15) is 22.8 Å². The zero-order valence-corrected chi connectivity index (χ0v) is 11.4. The number of benzene rings is 1. The Morgan fingerprint density at radius 3 is 2.41 bits per heavy atom. The Morgan fingerprint density at radius 1 is 1.27 bits per heavy atom. The molecule has 0 spiro atoms. The Labute approximate surface area is 123 Å². The van der Waals surface area contributed by atoms with Crippen LogP contribution in [0.4, 0.5) is 13.2 Å². The van der Waals surface area contributed by atoms with E-state index >= 15 is 0 Å². The number of carbonyl (C=O) groups is 2. The molecule has 1 heterocycles. The molecule has 0 saturated heterocycles. The van der Waals surface area contributed by atoms with E-state index in [0.717, 1.165) is 0 Å². The molecule has 0 N–H and O–H groups in total. The van der Waals surface area contributed by atoms with E-state index in [1.54, 1.807) is 18.2 Å². The zero-order chi connectivity index (χ0) is 16.3. The van der Waals surface area contributed by atoms with E-state index in [0.29, 0.717) is 0 Å². The predicted octanol–water partition coefficient (Wildman–Crippen LogP) is 3.95. The smallest absolute Gasteiger partial charge is 0.450 e. The maximum atomic E-state index is 13.1. The molecule has 22 heavy (non-hydrogen) atoms. The number of furan rings is 1. The lowest BCUT2D eigenvalue weighted by Gasteiger charge is -2.07. The van der Waals surface area contributed by atoms with Gasteiger partial charge in [-0.3, -0.25) is 4.79 Å². The molecule has 0 aliphatic carbocycles. The Balaban J connectivity index is 2.77. The van der Waals surface area contributed by atoms with E-state index in [4.69, 9.17) is 0 Å². The molecular weight excluding hydrogens is 301 g/mol. The monoisotopic (exact) mass is 312 g/mol. The van der Waals surface area contributed by atoms with E-state index < -0.39 is 29.2 Å². The molecule has 0 atom stereocenters. The topological polar surface area (TPSA) is 56.5 Å². The van der Waals surface area contributed by atoms with Crippen molar-refractivity contribution >= 4 is 12.3 Å². The Kier molecular flexibility index (Phi) is 4.35. The molecule has 0 radical (unpaired) electrons. The number of rotatable bonds is 4. The van der Waals surface area contributed by atoms with Crippen molar-refractivity contribution < 1.29 is 31.9 Å². The molecule has 0 aliphatic heterocycles. The highest BCUT2D eigenvalue weighted by Gasteiger charge is 2.43. The second-order valence-corrected chi connectivity index (χ2v) is 4.25. The van der Waals surface area contributed by atoms with E-state index in [2.05, 4.69) is 9.15 Å². The molecule has 0 amide bonds. The Morgan fingerprint density at radius 2 is 1.91 bits per heavy atom. The minimum atomic E-state index is -4.92. The zero-order valence-electron chi connectivity index (χ0n) is 11.4. The van der Waals surface area contributed by atoms with Crippen molar-refractivity contribution in [3.63, 3.8) is 0 Å². The molecular formula is C15H11F3O4. The first-order valence-corrected chi connectivity index (χ1v) is 6.31. The summed E-state index contributed by atoms with van der Waals surface area (Å²) < 4.78 is 48.5. The number of esters is 1. The molecule has 0 aliphatic rings. The Hall–Kier alpha value is -2.57. The fourth-order valence-corrected chi connectivity index (χ4v) is 2.02. The third-order valence-electron chi connectivity index (χ3n) is 2.84. The summed E-state index contributed by atoms with van der Waals surface area (Å²) in [7, 11) is 0. The maximum Gasteiger partial charge on any atom is 0.450 e. The fraction of sp³-hybridized carbons (Fsp3) is 0.200. The SMILES string of the molecule is CCOC(=O)c1c(C(F)(F)F)oc(C=O)c1-c1ccccc1. The van der Waals surface area contributed by atoms with Crippen molar-refractivity contribution in [3.8, 4) is 11.1 Å². The largest absolute Gasteiger partial charge is 0.462 e. The molecule has 4 nitrogen and oxygen atoms in total. The molecule has 0 fully saturated rings. The van der Waals surface area contributed by atoms with E-state index in [1.807, 2.05) is 0 Å². The van der Waals surface area contributed by atoms with Gasteiger partial charge in [0, 0.05) is 5.56 Å². The molecule has 1 aromatic carbocycles. The summed E-state index contributed by atoms with van der Waals surface area (Å²) in [6.07, 6.45) is -4.78. The second kappa shape index (κ2) is 6.05. The standard InChI is InChI=1S/C15H11F3O4/c1-2-21-14(20)12-11(9-6-4-3-5-7-9)10(8-19)22-13(12)15(16,17)18/h3-8H,2H2,1H3. The van der Waals surface area contributed by atoms with E-state index in [1.165, 1.54) is 19.1 Å². The van der Waals surface area contributed by atoms with Crippen molar-refractivity contribution in [3.05, 3.63) is 47.4 Å². The van der Waals surface area contributed by atoms with Gasteiger partial charge in [-0.2, -0.15) is 13.2 Å². The van der Waals surface area contributed by atoms with Crippen LogP contribution in [0.15, 0.2) is 34.7 Å². The number of hydrogen-bond donors (Lipinski definition) is 0. The van der Waals surface area contributed by atoms with Crippen LogP contribution in [0.1, 0.15) is 33.6 Å². The summed E-state index contributed by atoms with van der Waals surface area (Å²) in [5.41, 5.74) is -0.754. The van der Waals surface area contributed by atoms with Crippen LogP contribution in [0.5, 0.6) is 0 Å².